The minimum Gasteiger partial charge on any atom is -0.465 e. The van der Waals surface area contributed by atoms with E-state index in [4.69, 9.17) is 10.5 Å². The molecule has 136 valence electrons. The van der Waals surface area contributed by atoms with Crippen molar-refractivity contribution in [1.82, 2.24) is 9.97 Å². The zero-order valence-corrected chi connectivity index (χ0v) is 14.8. The van der Waals surface area contributed by atoms with Crippen LogP contribution in [-0.4, -0.2) is 28.5 Å². The highest BCUT2D eigenvalue weighted by molar-refractivity contribution is 6.02. The first kappa shape index (κ1) is 18.3. The molecule has 1 unspecified atom stereocenters. The van der Waals surface area contributed by atoms with E-state index in [1.54, 1.807) is 6.92 Å². The Hall–Kier alpha value is -3.54. The van der Waals surface area contributed by atoms with E-state index in [0.29, 0.717) is 11.4 Å². The summed E-state index contributed by atoms with van der Waals surface area (Å²) < 4.78 is 4.99. The van der Waals surface area contributed by atoms with Gasteiger partial charge >= 0.3 is 5.97 Å². The number of nitrogens with two attached hydrogens (primary N) is 1. The molecule has 0 saturated heterocycles. The molecule has 2 N–H and O–H groups in total. The molecule has 6 heteroatoms. The number of esters is 1. The van der Waals surface area contributed by atoms with Crippen molar-refractivity contribution in [2.24, 2.45) is 5.73 Å². The Morgan fingerprint density at radius 2 is 1.41 bits per heavy atom. The predicted molar refractivity (Wildman–Crippen MR) is 101 cm³/mol. The standard InChI is InChI=1S/C21H19N3O3/c1-2-27-21(26)18(19(22)25)20-23-16(14-9-5-3-6-10-14)13-17(24-20)15-11-7-4-8-12-15/h3-13,18H,2H2,1H3,(H2,22,25). The van der Waals surface area contributed by atoms with Crippen LogP contribution in [0.15, 0.2) is 66.7 Å². The SMILES string of the molecule is CCOC(=O)C(C(N)=O)c1nc(-c2ccccc2)cc(-c2ccccc2)n1. The third kappa shape index (κ3) is 4.17. The normalized spacial score (nSPS) is 11.6. The Balaban J connectivity index is 2.18. The topological polar surface area (TPSA) is 95.2 Å². The van der Waals surface area contributed by atoms with Gasteiger partial charge in [0.05, 0.1) is 18.0 Å². The first-order valence-electron chi connectivity index (χ1n) is 8.56. The molecule has 0 saturated carbocycles. The molecule has 0 radical (unpaired) electrons. The van der Waals surface area contributed by atoms with Gasteiger partial charge in [-0.15, -0.1) is 0 Å². The van der Waals surface area contributed by atoms with Gasteiger partial charge < -0.3 is 10.5 Å². The van der Waals surface area contributed by atoms with Gasteiger partial charge in [-0.25, -0.2) is 9.97 Å². The van der Waals surface area contributed by atoms with Gasteiger partial charge in [0, 0.05) is 11.1 Å². The first-order valence-corrected chi connectivity index (χ1v) is 8.56. The molecule has 3 rings (SSSR count). The van der Waals surface area contributed by atoms with E-state index in [9.17, 15) is 9.59 Å². The summed E-state index contributed by atoms with van der Waals surface area (Å²) in [4.78, 5) is 33.1. The van der Waals surface area contributed by atoms with Gasteiger partial charge in [0.25, 0.3) is 0 Å². The molecule has 2 aromatic carbocycles. The van der Waals surface area contributed by atoms with Crippen LogP contribution in [0.1, 0.15) is 18.7 Å². The second kappa shape index (κ2) is 8.23. The molecule has 1 heterocycles. The van der Waals surface area contributed by atoms with Crippen LogP contribution in [0.3, 0.4) is 0 Å². The van der Waals surface area contributed by atoms with Gasteiger partial charge in [0.1, 0.15) is 0 Å². The van der Waals surface area contributed by atoms with E-state index < -0.39 is 17.8 Å². The number of aromatic nitrogens is 2. The zero-order chi connectivity index (χ0) is 19.2. The minimum absolute atomic E-state index is 0.0288. The molecule has 0 bridgehead atoms. The number of hydrogen-bond donors (Lipinski definition) is 1. The summed E-state index contributed by atoms with van der Waals surface area (Å²) in [6.07, 6.45) is 0. The highest BCUT2D eigenvalue weighted by Crippen LogP contribution is 2.26. The summed E-state index contributed by atoms with van der Waals surface area (Å²) in [5.41, 5.74) is 8.32. The van der Waals surface area contributed by atoms with Gasteiger partial charge in [-0.1, -0.05) is 60.7 Å². The van der Waals surface area contributed by atoms with Gasteiger partial charge in [-0.3, -0.25) is 9.59 Å². The highest BCUT2D eigenvalue weighted by atomic mass is 16.5. The molecule has 1 aromatic heterocycles. The smallest absolute Gasteiger partial charge is 0.326 e. The lowest BCUT2D eigenvalue weighted by atomic mass is 10.0. The van der Waals surface area contributed by atoms with E-state index in [-0.39, 0.29) is 12.4 Å². The number of benzene rings is 2. The second-order valence-electron chi connectivity index (χ2n) is 5.82. The van der Waals surface area contributed by atoms with Gasteiger partial charge in [0.2, 0.25) is 5.91 Å². The maximum absolute atomic E-state index is 12.3. The van der Waals surface area contributed by atoms with Crippen LogP contribution in [0.25, 0.3) is 22.5 Å². The quantitative estimate of drug-likeness (QED) is 0.538. The fourth-order valence-electron chi connectivity index (χ4n) is 2.68. The number of carbonyl (C=O) groups is 2. The predicted octanol–water partition coefficient (Wildman–Crippen LogP) is 2.94. The van der Waals surface area contributed by atoms with Crippen molar-refractivity contribution in [3.63, 3.8) is 0 Å². The summed E-state index contributed by atoms with van der Waals surface area (Å²) in [7, 11) is 0. The molecule has 3 aromatic rings. The molecule has 0 aliphatic heterocycles. The lowest BCUT2D eigenvalue weighted by Crippen LogP contribution is -2.31. The average Bonchev–Trinajstić information content (AvgIpc) is 2.69. The average molecular weight is 361 g/mol. The van der Waals surface area contributed by atoms with Crippen molar-refractivity contribution in [1.29, 1.82) is 0 Å². The van der Waals surface area contributed by atoms with Crippen LogP contribution in [0.2, 0.25) is 0 Å². The molecule has 27 heavy (non-hydrogen) atoms. The van der Waals surface area contributed by atoms with Crippen molar-refractivity contribution < 1.29 is 14.3 Å². The fraction of sp³-hybridized carbons (Fsp3) is 0.143. The molecule has 0 aliphatic carbocycles. The Labute approximate surface area is 157 Å². The van der Waals surface area contributed by atoms with Gasteiger partial charge in [-0.2, -0.15) is 0 Å². The van der Waals surface area contributed by atoms with Crippen molar-refractivity contribution in [3.8, 4) is 22.5 Å². The molecule has 6 nitrogen and oxygen atoms in total. The fourth-order valence-corrected chi connectivity index (χ4v) is 2.68. The van der Waals surface area contributed by atoms with Gasteiger partial charge in [0.15, 0.2) is 11.7 Å². The van der Waals surface area contributed by atoms with E-state index >= 15 is 0 Å². The zero-order valence-electron chi connectivity index (χ0n) is 14.8. The van der Waals surface area contributed by atoms with Crippen molar-refractivity contribution in [2.45, 2.75) is 12.8 Å². The van der Waals surface area contributed by atoms with Crippen molar-refractivity contribution in [2.75, 3.05) is 6.61 Å². The third-order valence-electron chi connectivity index (χ3n) is 3.95. The van der Waals surface area contributed by atoms with E-state index in [2.05, 4.69) is 9.97 Å². The Morgan fingerprint density at radius 1 is 0.926 bits per heavy atom. The monoisotopic (exact) mass is 361 g/mol. The van der Waals surface area contributed by atoms with Crippen molar-refractivity contribution >= 4 is 11.9 Å². The number of ether oxygens (including phenoxy) is 1. The van der Waals surface area contributed by atoms with Crippen LogP contribution >= 0.6 is 0 Å². The van der Waals surface area contributed by atoms with Gasteiger partial charge in [-0.05, 0) is 13.0 Å². The summed E-state index contributed by atoms with van der Waals surface area (Å²) in [6, 6.07) is 20.7. The highest BCUT2D eigenvalue weighted by Gasteiger charge is 2.31. The molecule has 0 spiro atoms. The number of rotatable bonds is 6. The number of hydrogen-bond acceptors (Lipinski definition) is 5. The third-order valence-corrected chi connectivity index (χ3v) is 3.95. The minimum atomic E-state index is -1.36. The number of primary amides is 1. The van der Waals surface area contributed by atoms with E-state index in [1.807, 2.05) is 66.7 Å². The van der Waals surface area contributed by atoms with Crippen LogP contribution in [0.5, 0.6) is 0 Å². The maximum Gasteiger partial charge on any atom is 0.326 e. The summed E-state index contributed by atoms with van der Waals surface area (Å²) in [6.45, 7) is 1.79. The number of carbonyl (C=O) groups excluding carboxylic acids is 2. The molecule has 1 atom stereocenters. The number of nitrogens with zero attached hydrogens (tertiary/aromatic N) is 2. The van der Waals surface area contributed by atoms with Crippen LogP contribution in [-0.2, 0) is 14.3 Å². The van der Waals surface area contributed by atoms with Crippen molar-refractivity contribution in [3.05, 3.63) is 72.6 Å². The largest absolute Gasteiger partial charge is 0.465 e. The van der Waals surface area contributed by atoms with E-state index in [1.165, 1.54) is 0 Å². The lowest BCUT2D eigenvalue weighted by molar-refractivity contribution is -0.147. The number of amides is 1. The molecular formula is C21H19N3O3. The van der Waals surface area contributed by atoms with E-state index in [0.717, 1.165) is 11.1 Å². The molecule has 1 amide bonds. The molecule has 0 fully saturated rings. The van der Waals surface area contributed by atoms with Crippen LogP contribution < -0.4 is 5.73 Å². The first-order chi connectivity index (χ1) is 13.1. The Kier molecular flexibility index (Phi) is 5.56. The van der Waals surface area contributed by atoms with Crippen LogP contribution in [0, 0.1) is 0 Å². The Bertz CT molecular complexity index is 886. The summed E-state index contributed by atoms with van der Waals surface area (Å²) in [5.74, 6) is -2.94. The molecule has 0 aliphatic rings. The summed E-state index contributed by atoms with van der Waals surface area (Å²) in [5, 5.41) is 0. The summed E-state index contributed by atoms with van der Waals surface area (Å²) >= 11 is 0. The maximum atomic E-state index is 12.3. The second-order valence-corrected chi connectivity index (χ2v) is 5.82. The Morgan fingerprint density at radius 3 is 1.81 bits per heavy atom. The van der Waals surface area contributed by atoms with Crippen LogP contribution in [0.4, 0.5) is 0 Å². The molecular weight excluding hydrogens is 342 g/mol. The lowest BCUT2D eigenvalue weighted by Gasteiger charge is -2.14.